The van der Waals surface area contributed by atoms with Crippen molar-refractivity contribution in [2.24, 2.45) is 0 Å². The zero-order valence-electron chi connectivity index (χ0n) is 10.1. The van der Waals surface area contributed by atoms with Crippen molar-refractivity contribution in [2.75, 3.05) is 0 Å². The fraction of sp³-hybridized carbons (Fsp3) is 0.400. The highest BCUT2D eigenvalue weighted by molar-refractivity contribution is 6.31. The van der Waals surface area contributed by atoms with E-state index in [-0.39, 0.29) is 5.78 Å². The van der Waals surface area contributed by atoms with Gasteiger partial charge in [-0.2, -0.15) is 0 Å². The Labute approximate surface area is 107 Å². The Morgan fingerprint density at radius 1 is 1.24 bits per heavy atom. The summed E-state index contributed by atoms with van der Waals surface area (Å²) in [6.45, 7) is 1.94. The van der Waals surface area contributed by atoms with Gasteiger partial charge in [-0.25, -0.2) is 0 Å². The van der Waals surface area contributed by atoms with Crippen LogP contribution in [0.5, 0.6) is 0 Å². The van der Waals surface area contributed by atoms with Crippen LogP contribution in [0, 0.1) is 6.92 Å². The molecular formula is C15H17ClO. The molecule has 0 bridgehead atoms. The fourth-order valence-corrected chi connectivity index (χ4v) is 2.35. The predicted octanol–water partition coefficient (Wildman–Crippen LogP) is 4.72. The molecule has 1 aliphatic carbocycles. The van der Waals surface area contributed by atoms with Gasteiger partial charge < -0.3 is 0 Å². The molecule has 0 heterocycles. The maximum absolute atomic E-state index is 12.0. The van der Waals surface area contributed by atoms with Crippen LogP contribution in [0.4, 0.5) is 0 Å². The van der Waals surface area contributed by atoms with E-state index in [1.807, 2.05) is 19.1 Å². The minimum Gasteiger partial charge on any atom is -0.289 e. The highest BCUT2D eigenvalue weighted by Gasteiger charge is 2.09. The second-order valence-electron chi connectivity index (χ2n) is 4.69. The molecule has 0 amide bonds. The Morgan fingerprint density at radius 3 is 2.59 bits per heavy atom. The van der Waals surface area contributed by atoms with Gasteiger partial charge in [-0.05, 0) is 50.3 Å². The standard InChI is InChI=1S/C15H17ClO/c1-11-7-8-13(10-14(11)16)15(17)9-12-5-3-2-4-6-12/h7-10H,2-6H2,1H3. The average Bonchev–Trinajstić information content (AvgIpc) is 2.34. The molecule has 1 fully saturated rings. The molecular weight excluding hydrogens is 232 g/mol. The average molecular weight is 249 g/mol. The SMILES string of the molecule is Cc1ccc(C(=O)C=C2CCCCC2)cc1Cl. The van der Waals surface area contributed by atoms with Crippen LogP contribution in [0.15, 0.2) is 29.8 Å². The lowest BCUT2D eigenvalue weighted by Gasteiger charge is -2.13. The molecule has 0 aromatic heterocycles. The summed E-state index contributed by atoms with van der Waals surface area (Å²) in [7, 11) is 0. The van der Waals surface area contributed by atoms with E-state index in [2.05, 4.69) is 0 Å². The molecule has 90 valence electrons. The third kappa shape index (κ3) is 3.19. The molecule has 17 heavy (non-hydrogen) atoms. The van der Waals surface area contributed by atoms with Crippen molar-refractivity contribution in [2.45, 2.75) is 39.0 Å². The molecule has 0 radical (unpaired) electrons. The van der Waals surface area contributed by atoms with E-state index in [1.165, 1.54) is 24.8 Å². The highest BCUT2D eigenvalue weighted by atomic mass is 35.5. The van der Waals surface area contributed by atoms with Gasteiger partial charge in [0.15, 0.2) is 5.78 Å². The molecule has 2 heteroatoms. The monoisotopic (exact) mass is 248 g/mol. The van der Waals surface area contributed by atoms with E-state index >= 15 is 0 Å². The number of rotatable bonds is 2. The van der Waals surface area contributed by atoms with Crippen molar-refractivity contribution < 1.29 is 4.79 Å². The largest absolute Gasteiger partial charge is 0.289 e. The van der Waals surface area contributed by atoms with Crippen LogP contribution in [0.3, 0.4) is 0 Å². The smallest absolute Gasteiger partial charge is 0.185 e. The first-order chi connectivity index (χ1) is 8.16. The summed E-state index contributed by atoms with van der Waals surface area (Å²) in [6.07, 6.45) is 7.68. The topological polar surface area (TPSA) is 17.1 Å². The maximum Gasteiger partial charge on any atom is 0.185 e. The van der Waals surface area contributed by atoms with Crippen LogP contribution < -0.4 is 0 Å². The minimum atomic E-state index is 0.0869. The Kier molecular flexibility index (Phi) is 4.01. The van der Waals surface area contributed by atoms with E-state index in [9.17, 15) is 4.79 Å². The van der Waals surface area contributed by atoms with Crippen molar-refractivity contribution in [3.63, 3.8) is 0 Å². The fourth-order valence-electron chi connectivity index (χ4n) is 2.17. The Balaban J connectivity index is 2.16. The van der Waals surface area contributed by atoms with Crippen molar-refractivity contribution in [3.05, 3.63) is 46.0 Å². The summed E-state index contributed by atoms with van der Waals surface area (Å²) in [5.41, 5.74) is 2.99. The van der Waals surface area contributed by atoms with Gasteiger partial charge in [0.1, 0.15) is 0 Å². The molecule has 0 N–H and O–H groups in total. The van der Waals surface area contributed by atoms with E-state index in [0.717, 1.165) is 18.4 Å². The van der Waals surface area contributed by atoms with E-state index < -0.39 is 0 Å². The second-order valence-corrected chi connectivity index (χ2v) is 5.10. The maximum atomic E-state index is 12.0. The molecule has 1 aromatic rings. The number of aryl methyl sites for hydroxylation is 1. The number of ketones is 1. The zero-order chi connectivity index (χ0) is 12.3. The van der Waals surface area contributed by atoms with Crippen LogP contribution in [0.2, 0.25) is 5.02 Å². The quantitative estimate of drug-likeness (QED) is 0.547. The van der Waals surface area contributed by atoms with Crippen LogP contribution in [-0.4, -0.2) is 5.78 Å². The molecule has 0 spiro atoms. The molecule has 1 aliphatic rings. The zero-order valence-corrected chi connectivity index (χ0v) is 10.9. The van der Waals surface area contributed by atoms with Gasteiger partial charge in [0.25, 0.3) is 0 Å². The Bertz CT molecular complexity index is 452. The number of hydrogen-bond acceptors (Lipinski definition) is 1. The highest BCUT2D eigenvalue weighted by Crippen LogP contribution is 2.24. The molecule has 2 rings (SSSR count). The number of benzene rings is 1. The molecule has 1 aromatic carbocycles. The minimum absolute atomic E-state index is 0.0869. The Hall–Kier alpha value is -1.08. The second kappa shape index (κ2) is 5.50. The molecule has 0 saturated heterocycles. The van der Waals surface area contributed by atoms with Crippen molar-refractivity contribution in [1.29, 1.82) is 0 Å². The van der Waals surface area contributed by atoms with Crippen LogP contribution in [-0.2, 0) is 0 Å². The lowest BCUT2D eigenvalue weighted by Crippen LogP contribution is -2.00. The van der Waals surface area contributed by atoms with Crippen molar-refractivity contribution >= 4 is 17.4 Å². The van der Waals surface area contributed by atoms with Crippen LogP contribution >= 0.6 is 11.6 Å². The van der Waals surface area contributed by atoms with Gasteiger partial charge in [-0.15, -0.1) is 0 Å². The normalized spacial score (nSPS) is 15.8. The van der Waals surface area contributed by atoms with Crippen molar-refractivity contribution in [3.8, 4) is 0 Å². The van der Waals surface area contributed by atoms with Gasteiger partial charge in [-0.1, -0.05) is 35.7 Å². The number of hydrogen-bond donors (Lipinski definition) is 0. The molecule has 0 aliphatic heterocycles. The van der Waals surface area contributed by atoms with Crippen LogP contribution in [0.1, 0.15) is 48.0 Å². The number of halogens is 1. The third-order valence-corrected chi connectivity index (χ3v) is 3.69. The van der Waals surface area contributed by atoms with Gasteiger partial charge >= 0.3 is 0 Å². The summed E-state index contributed by atoms with van der Waals surface area (Å²) in [4.78, 5) is 12.0. The van der Waals surface area contributed by atoms with Gasteiger partial charge in [0, 0.05) is 10.6 Å². The lowest BCUT2D eigenvalue weighted by atomic mass is 9.93. The van der Waals surface area contributed by atoms with Gasteiger partial charge in [0.2, 0.25) is 0 Å². The first kappa shape index (κ1) is 12.4. The predicted molar refractivity (Wildman–Crippen MR) is 71.7 cm³/mol. The summed E-state index contributed by atoms with van der Waals surface area (Å²) < 4.78 is 0. The van der Waals surface area contributed by atoms with E-state index in [0.29, 0.717) is 10.6 Å². The summed E-state index contributed by atoms with van der Waals surface area (Å²) in [6, 6.07) is 5.51. The van der Waals surface area contributed by atoms with E-state index in [1.54, 1.807) is 12.1 Å². The lowest BCUT2D eigenvalue weighted by molar-refractivity contribution is 0.104. The third-order valence-electron chi connectivity index (χ3n) is 3.29. The summed E-state index contributed by atoms with van der Waals surface area (Å²) >= 11 is 6.03. The number of carbonyl (C=O) groups is 1. The van der Waals surface area contributed by atoms with E-state index in [4.69, 9.17) is 11.6 Å². The number of carbonyl (C=O) groups excluding carboxylic acids is 1. The summed E-state index contributed by atoms with van der Waals surface area (Å²) in [5.74, 6) is 0.0869. The molecule has 1 nitrogen and oxygen atoms in total. The molecule has 0 atom stereocenters. The Morgan fingerprint density at radius 2 is 1.94 bits per heavy atom. The first-order valence-corrected chi connectivity index (χ1v) is 6.54. The van der Waals surface area contributed by atoms with Gasteiger partial charge in [-0.3, -0.25) is 4.79 Å². The summed E-state index contributed by atoms with van der Waals surface area (Å²) in [5, 5.41) is 0.665. The van der Waals surface area contributed by atoms with Gasteiger partial charge in [0.05, 0.1) is 0 Å². The van der Waals surface area contributed by atoms with Crippen molar-refractivity contribution in [1.82, 2.24) is 0 Å². The van der Waals surface area contributed by atoms with Crippen LogP contribution in [0.25, 0.3) is 0 Å². The molecule has 1 saturated carbocycles. The first-order valence-electron chi connectivity index (χ1n) is 6.17. The number of allylic oxidation sites excluding steroid dienone is 2. The molecule has 0 unspecified atom stereocenters.